The number of nitrogens with zero attached hydrogens (tertiary/aromatic N) is 2. The Kier molecular flexibility index (Phi) is 5.71. The fraction of sp³-hybridized carbons (Fsp3) is 0.250. The largest absolute Gasteiger partial charge is 0.492 e. The van der Waals surface area contributed by atoms with E-state index in [-0.39, 0.29) is 5.69 Å². The molecule has 0 saturated carbocycles. The van der Waals surface area contributed by atoms with E-state index in [1.54, 1.807) is 24.3 Å². The number of hydrogen-bond donors (Lipinski definition) is 2. The first-order chi connectivity index (χ1) is 13.1. The highest BCUT2D eigenvalue weighted by Crippen LogP contribution is 2.25. The Hall–Kier alpha value is -3.35. The summed E-state index contributed by atoms with van der Waals surface area (Å²) in [6, 6.07) is 14.0. The minimum atomic E-state index is -0.456. The lowest BCUT2D eigenvalue weighted by atomic mass is 10.2. The van der Waals surface area contributed by atoms with Gasteiger partial charge in [-0.3, -0.25) is 9.88 Å². The van der Waals surface area contributed by atoms with E-state index in [0.717, 1.165) is 6.42 Å². The van der Waals surface area contributed by atoms with Crippen LogP contribution in [0.4, 0.5) is 16.3 Å². The second-order valence-corrected chi connectivity index (χ2v) is 5.92. The predicted octanol–water partition coefficient (Wildman–Crippen LogP) is 3.85. The minimum absolute atomic E-state index is 0.388. The molecule has 0 fully saturated rings. The van der Waals surface area contributed by atoms with Gasteiger partial charge in [-0.2, -0.15) is 4.98 Å². The van der Waals surface area contributed by atoms with Gasteiger partial charge in [-0.1, -0.05) is 31.2 Å². The lowest BCUT2D eigenvalue weighted by Crippen LogP contribution is -2.29. The van der Waals surface area contributed by atoms with Gasteiger partial charge in [0.25, 0.3) is 0 Å². The van der Waals surface area contributed by atoms with E-state index in [2.05, 4.69) is 15.6 Å². The molecule has 0 bridgehead atoms. The number of amides is 2. The number of benzene rings is 2. The first-order valence-corrected chi connectivity index (χ1v) is 8.93. The monoisotopic (exact) mass is 366 g/mol. The molecule has 1 heterocycles. The van der Waals surface area contributed by atoms with Crippen LogP contribution in [0.5, 0.6) is 5.75 Å². The zero-order valence-corrected chi connectivity index (χ0v) is 15.4. The van der Waals surface area contributed by atoms with Crippen LogP contribution in [0.3, 0.4) is 0 Å². The topological polar surface area (TPSA) is 85.2 Å². The number of hydrogen-bond acceptors (Lipinski definition) is 4. The normalized spacial score (nSPS) is 10.6. The summed E-state index contributed by atoms with van der Waals surface area (Å²) < 4.78 is 7.01. The second kappa shape index (κ2) is 8.35. The number of fused-ring (bicyclic) bond motifs is 1. The third kappa shape index (κ3) is 4.08. The molecule has 0 aliphatic heterocycles. The van der Waals surface area contributed by atoms with Gasteiger partial charge in [0.2, 0.25) is 0 Å². The molecule has 0 saturated heterocycles. The number of ether oxygens (including phenoxy) is 1. The van der Waals surface area contributed by atoms with Gasteiger partial charge in [-0.25, -0.2) is 9.59 Å². The lowest BCUT2D eigenvalue weighted by molar-refractivity contribution is 0.261. The summed E-state index contributed by atoms with van der Waals surface area (Å²) in [4.78, 5) is 29.1. The average molecular weight is 366 g/mol. The number of anilines is 2. The Morgan fingerprint density at radius 2 is 1.81 bits per heavy atom. The summed E-state index contributed by atoms with van der Waals surface area (Å²) in [5.41, 5.74) is 0.708. The lowest BCUT2D eigenvalue weighted by Gasteiger charge is -2.16. The van der Waals surface area contributed by atoms with Crippen LogP contribution < -0.4 is 21.1 Å². The highest BCUT2D eigenvalue weighted by Gasteiger charge is 2.14. The van der Waals surface area contributed by atoms with Gasteiger partial charge in [0.05, 0.1) is 17.8 Å². The fourth-order valence-corrected chi connectivity index (χ4v) is 2.85. The van der Waals surface area contributed by atoms with E-state index in [1.807, 2.05) is 38.1 Å². The summed E-state index contributed by atoms with van der Waals surface area (Å²) in [6.07, 6.45) is 0.739. The van der Waals surface area contributed by atoms with Crippen molar-refractivity contribution >= 4 is 28.4 Å². The van der Waals surface area contributed by atoms with Crippen LogP contribution in [0.25, 0.3) is 10.9 Å². The molecule has 7 nitrogen and oxygen atoms in total. The zero-order valence-electron chi connectivity index (χ0n) is 15.4. The third-order valence-corrected chi connectivity index (χ3v) is 3.99. The molecule has 1 aromatic heterocycles. The molecule has 0 radical (unpaired) electrons. The minimum Gasteiger partial charge on any atom is -0.492 e. The van der Waals surface area contributed by atoms with Gasteiger partial charge in [0.15, 0.2) is 0 Å². The van der Waals surface area contributed by atoms with Crippen molar-refractivity contribution in [1.82, 2.24) is 9.55 Å². The summed E-state index contributed by atoms with van der Waals surface area (Å²) in [6.45, 7) is 4.79. The molecule has 140 valence electrons. The van der Waals surface area contributed by atoms with Crippen LogP contribution in [0, 0.1) is 0 Å². The van der Waals surface area contributed by atoms with Crippen molar-refractivity contribution in [2.75, 3.05) is 17.2 Å². The molecule has 2 aromatic carbocycles. The quantitative estimate of drug-likeness (QED) is 0.694. The molecule has 0 atom stereocenters. The highest BCUT2D eigenvalue weighted by molar-refractivity contribution is 6.04. The molecule has 3 aromatic rings. The molecule has 0 unspecified atom stereocenters. The van der Waals surface area contributed by atoms with Crippen molar-refractivity contribution in [3.05, 3.63) is 59.0 Å². The molecule has 2 N–H and O–H groups in total. The van der Waals surface area contributed by atoms with Gasteiger partial charge in [0, 0.05) is 11.9 Å². The molecular weight excluding hydrogens is 344 g/mol. The Morgan fingerprint density at radius 3 is 2.59 bits per heavy atom. The van der Waals surface area contributed by atoms with Crippen LogP contribution in [0.2, 0.25) is 0 Å². The van der Waals surface area contributed by atoms with Crippen molar-refractivity contribution in [2.24, 2.45) is 0 Å². The highest BCUT2D eigenvalue weighted by atomic mass is 16.5. The Labute approximate surface area is 157 Å². The summed E-state index contributed by atoms with van der Waals surface area (Å²) in [5, 5.41) is 6.31. The molecule has 3 rings (SSSR count). The van der Waals surface area contributed by atoms with Crippen molar-refractivity contribution in [2.45, 2.75) is 26.8 Å². The van der Waals surface area contributed by atoms with Gasteiger partial charge < -0.3 is 10.1 Å². The van der Waals surface area contributed by atoms with Crippen molar-refractivity contribution in [3.8, 4) is 5.75 Å². The third-order valence-electron chi connectivity index (χ3n) is 3.99. The maximum absolute atomic E-state index is 12.6. The molecule has 7 heteroatoms. The number of carbonyl (C=O) groups excluding carboxylic acids is 1. The summed E-state index contributed by atoms with van der Waals surface area (Å²) in [7, 11) is 0. The van der Waals surface area contributed by atoms with Crippen molar-refractivity contribution in [1.29, 1.82) is 0 Å². The number of aromatic nitrogens is 2. The van der Waals surface area contributed by atoms with Gasteiger partial charge >= 0.3 is 11.7 Å². The molecule has 0 spiro atoms. The molecule has 2 amide bonds. The zero-order chi connectivity index (χ0) is 19.2. The van der Waals surface area contributed by atoms with Crippen LogP contribution >= 0.6 is 0 Å². The number of urea groups is 1. The first kappa shape index (κ1) is 18.4. The van der Waals surface area contributed by atoms with E-state index in [0.29, 0.717) is 41.3 Å². The van der Waals surface area contributed by atoms with Crippen LogP contribution in [-0.2, 0) is 6.54 Å². The molecule has 27 heavy (non-hydrogen) atoms. The van der Waals surface area contributed by atoms with Gasteiger partial charge in [-0.15, -0.1) is 0 Å². The maximum Gasteiger partial charge on any atom is 0.349 e. The van der Waals surface area contributed by atoms with Crippen molar-refractivity contribution in [3.63, 3.8) is 0 Å². The van der Waals surface area contributed by atoms with E-state index in [1.165, 1.54) is 4.57 Å². The van der Waals surface area contributed by atoms with E-state index in [9.17, 15) is 9.59 Å². The summed E-state index contributed by atoms with van der Waals surface area (Å²) >= 11 is 0. The maximum atomic E-state index is 12.6. The Balaban J connectivity index is 1.95. The summed E-state index contributed by atoms with van der Waals surface area (Å²) in [5.74, 6) is 1.01. The average Bonchev–Trinajstić information content (AvgIpc) is 2.66. The SMILES string of the molecule is CCCn1c(NC(=O)Nc2ccccc2OCC)c2ccccc2nc1=O. The van der Waals surface area contributed by atoms with Crippen LogP contribution in [0.15, 0.2) is 53.3 Å². The smallest absolute Gasteiger partial charge is 0.349 e. The number of rotatable bonds is 6. The standard InChI is InChI=1S/C20H22N4O3/c1-3-13-24-18(14-9-5-6-10-15(14)22-20(24)26)23-19(25)21-16-11-7-8-12-17(16)27-4-2/h5-12H,3-4,13H2,1-2H3,(H2,21,23,25). The molecule has 0 aliphatic rings. The van der Waals surface area contributed by atoms with Crippen LogP contribution in [0.1, 0.15) is 20.3 Å². The van der Waals surface area contributed by atoms with Gasteiger partial charge in [0.1, 0.15) is 11.6 Å². The van der Waals surface area contributed by atoms with Crippen molar-refractivity contribution < 1.29 is 9.53 Å². The molecule has 0 aliphatic carbocycles. The number of carbonyl (C=O) groups is 1. The van der Waals surface area contributed by atoms with Crippen LogP contribution in [-0.4, -0.2) is 22.2 Å². The fourth-order valence-electron chi connectivity index (χ4n) is 2.85. The first-order valence-electron chi connectivity index (χ1n) is 8.93. The Morgan fingerprint density at radius 1 is 1.07 bits per heavy atom. The number of nitrogens with one attached hydrogen (secondary N) is 2. The predicted molar refractivity (Wildman–Crippen MR) is 107 cm³/mol. The number of para-hydroxylation sites is 3. The Bertz CT molecular complexity index is 1010. The van der Waals surface area contributed by atoms with E-state index >= 15 is 0 Å². The van der Waals surface area contributed by atoms with E-state index < -0.39 is 6.03 Å². The molecular formula is C20H22N4O3. The second-order valence-electron chi connectivity index (χ2n) is 5.92. The van der Waals surface area contributed by atoms with Gasteiger partial charge in [-0.05, 0) is 37.6 Å². The van der Waals surface area contributed by atoms with E-state index in [4.69, 9.17) is 4.74 Å².